The number of carbonyl (C=O) groups is 1. The Balaban J connectivity index is 1.61. The summed E-state index contributed by atoms with van der Waals surface area (Å²) in [5.41, 5.74) is 1.01. The molecule has 3 aromatic rings. The highest BCUT2D eigenvalue weighted by Crippen LogP contribution is 2.29. The number of methoxy groups -OCH3 is 1. The molecule has 1 aliphatic carbocycles. The van der Waals surface area contributed by atoms with Crippen LogP contribution < -0.4 is 4.74 Å². The number of amides is 1. The summed E-state index contributed by atoms with van der Waals surface area (Å²) in [5.74, 6) is 0.402. The molecule has 0 unspecified atom stereocenters. The van der Waals surface area contributed by atoms with Gasteiger partial charge >= 0.3 is 0 Å². The van der Waals surface area contributed by atoms with E-state index in [1.165, 1.54) is 4.31 Å². The number of thiophene rings is 1. The van der Waals surface area contributed by atoms with Gasteiger partial charge < -0.3 is 9.64 Å². The predicted octanol–water partition coefficient (Wildman–Crippen LogP) is 5.31. The van der Waals surface area contributed by atoms with Crippen molar-refractivity contribution in [2.24, 2.45) is 0 Å². The van der Waals surface area contributed by atoms with E-state index < -0.39 is 10.0 Å². The second-order valence-corrected chi connectivity index (χ2v) is 11.8. The van der Waals surface area contributed by atoms with Gasteiger partial charge in [0.15, 0.2) is 0 Å². The van der Waals surface area contributed by atoms with Crippen molar-refractivity contribution in [2.45, 2.75) is 56.1 Å². The van der Waals surface area contributed by atoms with E-state index >= 15 is 0 Å². The van der Waals surface area contributed by atoms with E-state index in [0.717, 1.165) is 42.5 Å². The second-order valence-electron chi connectivity index (χ2n) is 8.83. The number of sulfonamides is 1. The third kappa shape index (κ3) is 6.51. The first-order valence-electron chi connectivity index (χ1n) is 12.0. The van der Waals surface area contributed by atoms with Crippen LogP contribution in [-0.2, 0) is 27.9 Å². The summed E-state index contributed by atoms with van der Waals surface area (Å²) in [6.45, 7) is 0.711. The average Bonchev–Trinajstić information content (AvgIpc) is 3.41. The predicted molar refractivity (Wildman–Crippen MR) is 139 cm³/mol. The Morgan fingerprint density at radius 2 is 1.66 bits per heavy atom. The number of ether oxygens (including phenoxy) is 1. The van der Waals surface area contributed by atoms with Gasteiger partial charge in [-0.15, -0.1) is 11.3 Å². The van der Waals surface area contributed by atoms with Crippen LogP contribution in [-0.4, -0.2) is 43.2 Å². The monoisotopic (exact) mass is 512 g/mol. The van der Waals surface area contributed by atoms with Gasteiger partial charge in [-0.05, 0) is 54.1 Å². The zero-order valence-electron chi connectivity index (χ0n) is 20.0. The van der Waals surface area contributed by atoms with Gasteiger partial charge in [0.25, 0.3) is 0 Å². The Morgan fingerprint density at radius 1 is 0.943 bits per heavy atom. The first-order chi connectivity index (χ1) is 17.0. The number of benzene rings is 2. The maximum Gasteiger partial charge on any atom is 0.243 e. The van der Waals surface area contributed by atoms with E-state index in [-0.39, 0.29) is 23.4 Å². The highest BCUT2D eigenvalue weighted by molar-refractivity contribution is 7.89. The number of nitrogens with zero attached hydrogens (tertiary/aromatic N) is 2. The van der Waals surface area contributed by atoms with Crippen molar-refractivity contribution >= 4 is 27.3 Å². The fourth-order valence-electron chi connectivity index (χ4n) is 4.52. The van der Waals surface area contributed by atoms with Crippen LogP contribution in [0.25, 0.3) is 0 Å². The molecule has 1 heterocycles. The lowest BCUT2D eigenvalue weighted by atomic mass is 9.95. The molecule has 0 atom stereocenters. The Labute approximate surface area is 212 Å². The summed E-state index contributed by atoms with van der Waals surface area (Å²) in [4.78, 5) is 16.7. The minimum Gasteiger partial charge on any atom is -0.497 e. The Bertz CT molecular complexity index is 1170. The fourth-order valence-corrected chi connectivity index (χ4v) is 6.88. The van der Waals surface area contributed by atoms with Gasteiger partial charge in [0.2, 0.25) is 15.9 Å². The van der Waals surface area contributed by atoms with E-state index in [2.05, 4.69) is 0 Å². The Kier molecular flexibility index (Phi) is 8.59. The van der Waals surface area contributed by atoms with Crippen LogP contribution >= 0.6 is 11.3 Å². The number of carbonyl (C=O) groups excluding carboxylic acids is 1. The van der Waals surface area contributed by atoms with Crippen molar-refractivity contribution in [2.75, 3.05) is 13.7 Å². The highest BCUT2D eigenvalue weighted by Gasteiger charge is 2.35. The van der Waals surface area contributed by atoms with Crippen LogP contribution in [0.15, 0.2) is 77.0 Å². The lowest BCUT2D eigenvalue weighted by molar-refractivity contribution is -0.133. The van der Waals surface area contributed by atoms with Gasteiger partial charge in [0.05, 0.1) is 25.1 Å². The molecule has 1 aliphatic rings. The number of hydrogen-bond donors (Lipinski definition) is 0. The van der Waals surface area contributed by atoms with E-state index in [1.807, 2.05) is 47.8 Å². The van der Waals surface area contributed by atoms with E-state index in [1.54, 1.807) is 47.6 Å². The van der Waals surface area contributed by atoms with Crippen molar-refractivity contribution in [3.05, 3.63) is 82.6 Å². The van der Waals surface area contributed by atoms with E-state index in [0.29, 0.717) is 18.8 Å². The molecular formula is C27H32N2O4S2. The van der Waals surface area contributed by atoms with E-state index in [4.69, 9.17) is 4.74 Å². The standard InChI is InChI=1S/C27H32N2O4S2/c1-33-24-14-16-26(17-15-24)35(31,32)29(23-11-6-3-7-12-23)21-27(30)28(20-25-13-8-18-34-25)19-22-9-4-2-5-10-22/h2,4-5,8-10,13-18,23H,3,6-7,11-12,19-21H2,1H3. The molecule has 0 bridgehead atoms. The molecule has 8 heteroatoms. The molecule has 0 aliphatic heterocycles. The Morgan fingerprint density at radius 3 is 2.29 bits per heavy atom. The van der Waals surface area contributed by atoms with Gasteiger partial charge in [-0.2, -0.15) is 4.31 Å². The van der Waals surface area contributed by atoms with Crippen LogP contribution in [0.1, 0.15) is 42.5 Å². The summed E-state index contributed by atoms with van der Waals surface area (Å²) >= 11 is 1.59. The largest absolute Gasteiger partial charge is 0.497 e. The van der Waals surface area contributed by atoms with Crippen LogP contribution in [0.5, 0.6) is 5.75 Å². The van der Waals surface area contributed by atoms with Gasteiger partial charge in [-0.1, -0.05) is 55.7 Å². The fraction of sp³-hybridized carbons (Fsp3) is 0.370. The molecule has 4 rings (SSSR count). The lowest BCUT2D eigenvalue weighted by Gasteiger charge is -2.34. The van der Waals surface area contributed by atoms with Crippen LogP contribution in [0.2, 0.25) is 0 Å². The second kappa shape index (κ2) is 11.8. The zero-order valence-corrected chi connectivity index (χ0v) is 21.6. The molecule has 0 radical (unpaired) electrons. The summed E-state index contributed by atoms with van der Waals surface area (Å²) in [5, 5.41) is 1.99. The van der Waals surface area contributed by atoms with Crippen LogP contribution in [0.4, 0.5) is 0 Å². The minimum absolute atomic E-state index is 0.169. The van der Waals surface area contributed by atoms with Crippen LogP contribution in [0.3, 0.4) is 0 Å². The molecule has 1 amide bonds. The first kappa shape index (κ1) is 25.4. The van der Waals surface area contributed by atoms with Crippen LogP contribution in [0, 0.1) is 0 Å². The molecule has 35 heavy (non-hydrogen) atoms. The number of rotatable bonds is 10. The summed E-state index contributed by atoms with van der Waals surface area (Å²) in [7, 11) is -2.31. The van der Waals surface area contributed by atoms with Crippen molar-refractivity contribution < 1.29 is 17.9 Å². The maximum atomic E-state index is 13.8. The summed E-state index contributed by atoms with van der Waals surface area (Å²) < 4.78 is 34.2. The molecule has 186 valence electrons. The molecule has 1 saturated carbocycles. The molecular weight excluding hydrogens is 480 g/mol. The van der Waals surface area contributed by atoms with Crippen molar-refractivity contribution in [1.29, 1.82) is 0 Å². The third-order valence-electron chi connectivity index (χ3n) is 6.43. The smallest absolute Gasteiger partial charge is 0.243 e. The van der Waals surface area contributed by atoms with Crippen molar-refractivity contribution in [1.82, 2.24) is 9.21 Å². The molecule has 0 saturated heterocycles. The van der Waals surface area contributed by atoms with Gasteiger partial charge in [0, 0.05) is 17.5 Å². The topological polar surface area (TPSA) is 66.9 Å². The molecule has 0 N–H and O–H groups in total. The first-order valence-corrected chi connectivity index (χ1v) is 14.3. The normalized spacial score (nSPS) is 14.7. The highest BCUT2D eigenvalue weighted by atomic mass is 32.2. The minimum atomic E-state index is -3.86. The van der Waals surface area contributed by atoms with E-state index in [9.17, 15) is 13.2 Å². The van der Waals surface area contributed by atoms with Gasteiger partial charge in [-0.3, -0.25) is 4.79 Å². The molecule has 2 aromatic carbocycles. The van der Waals surface area contributed by atoms with Crippen molar-refractivity contribution in [3.63, 3.8) is 0 Å². The average molecular weight is 513 g/mol. The Hall–Kier alpha value is -2.68. The molecule has 1 aromatic heterocycles. The summed E-state index contributed by atoms with van der Waals surface area (Å²) in [6, 6.07) is 20.0. The van der Waals surface area contributed by atoms with Crippen molar-refractivity contribution in [3.8, 4) is 5.75 Å². The number of hydrogen-bond acceptors (Lipinski definition) is 5. The van der Waals surface area contributed by atoms with Gasteiger partial charge in [-0.25, -0.2) is 8.42 Å². The zero-order chi connectivity index (χ0) is 24.7. The maximum absolute atomic E-state index is 13.8. The van der Waals surface area contributed by atoms with Gasteiger partial charge in [0.1, 0.15) is 5.75 Å². The quantitative estimate of drug-likeness (QED) is 0.369. The summed E-state index contributed by atoms with van der Waals surface area (Å²) in [6.07, 6.45) is 4.57. The third-order valence-corrected chi connectivity index (χ3v) is 9.21. The lowest BCUT2D eigenvalue weighted by Crippen LogP contribution is -2.47. The molecule has 6 nitrogen and oxygen atoms in total. The molecule has 1 fully saturated rings. The molecule has 0 spiro atoms. The SMILES string of the molecule is COc1ccc(S(=O)(=O)N(CC(=O)N(Cc2ccccc2)Cc2cccs2)C2CCCCC2)cc1.